The summed E-state index contributed by atoms with van der Waals surface area (Å²) in [5, 5.41) is 7.73. The molecule has 2 atom stereocenters. The number of carbonyl (C=O) groups is 2. The van der Waals surface area contributed by atoms with Gasteiger partial charge in [0.25, 0.3) is 5.91 Å². The quantitative estimate of drug-likeness (QED) is 0.786. The third kappa shape index (κ3) is 4.59. The molecule has 1 saturated carbocycles. The number of carbonyl (C=O) groups excluding carboxylic acids is 2. The summed E-state index contributed by atoms with van der Waals surface area (Å²) < 4.78 is 7.21. The van der Waals surface area contributed by atoms with Crippen molar-refractivity contribution in [2.75, 3.05) is 5.32 Å². The van der Waals surface area contributed by atoms with Gasteiger partial charge in [-0.3, -0.25) is 9.59 Å². The Morgan fingerprint density at radius 1 is 1.33 bits per heavy atom. The highest BCUT2D eigenvalue weighted by Gasteiger charge is 2.30. The van der Waals surface area contributed by atoms with E-state index in [0.717, 1.165) is 31.2 Å². The van der Waals surface area contributed by atoms with Crippen molar-refractivity contribution < 1.29 is 14.3 Å². The van der Waals surface area contributed by atoms with E-state index >= 15 is 0 Å². The van der Waals surface area contributed by atoms with E-state index in [1.165, 1.54) is 6.20 Å². The van der Waals surface area contributed by atoms with Crippen LogP contribution in [0.25, 0.3) is 5.52 Å². The molecule has 1 amide bonds. The average molecular weight is 372 g/mol. The average Bonchev–Trinajstić information content (AvgIpc) is 3.03. The summed E-state index contributed by atoms with van der Waals surface area (Å²) in [4.78, 5) is 24.2. The predicted molar refractivity (Wildman–Crippen MR) is 104 cm³/mol. The molecule has 2 aromatic rings. The largest absolute Gasteiger partial charge is 0.460 e. The number of primary amides is 1. The second-order valence-electron chi connectivity index (χ2n) is 8.22. The zero-order chi connectivity index (χ0) is 19.6. The van der Waals surface area contributed by atoms with Crippen LogP contribution in [-0.4, -0.2) is 33.1 Å². The fourth-order valence-electron chi connectivity index (χ4n) is 3.76. The molecule has 2 aromatic heterocycles. The number of aromatic nitrogens is 2. The number of fused-ring (bicyclic) bond motifs is 1. The van der Waals surface area contributed by atoms with Crippen molar-refractivity contribution in [1.29, 1.82) is 0 Å². The van der Waals surface area contributed by atoms with Gasteiger partial charge in [-0.2, -0.15) is 5.10 Å². The summed E-state index contributed by atoms with van der Waals surface area (Å²) in [6.45, 7) is 5.63. The van der Waals surface area contributed by atoms with Crippen LogP contribution < -0.4 is 11.1 Å². The van der Waals surface area contributed by atoms with Crippen molar-refractivity contribution in [2.24, 2.45) is 11.7 Å². The van der Waals surface area contributed by atoms with Gasteiger partial charge in [0, 0.05) is 12.2 Å². The summed E-state index contributed by atoms with van der Waals surface area (Å²) in [7, 11) is 0. The van der Waals surface area contributed by atoms with Crippen LogP contribution in [-0.2, 0) is 9.53 Å². The number of anilines is 1. The van der Waals surface area contributed by atoms with Crippen LogP contribution in [0, 0.1) is 5.92 Å². The van der Waals surface area contributed by atoms with E-state index in [4.69, 9.17) is 10.5 Å². The Balaban J connectivity index is 1.83. The number of esters is 1. The molecule has 0 bridgehead atoms. The highest BCUT2D eigenvalue weighted by Crippen LogP contribution is 2.32. The van der Waals surface area contributed by atoms with Crippen molar-refractivity contribution >= 4 is 23.1 Å². The second-order valence-corrected chi connectivity index (χ2v) is 8.22. The van der Waals surface area contributed by atoms with E-state index in [-0.39, 0.29) is 17.9 Å². The van der Waals surface area contributed by atoms with Gasteiger partial charge in [-0.05, 0) is 51.7 Å². The number of rotatable bonds is 5. The smallest absolute Gasteiger partial charge is 0.306 e. The lowest BCUT2D eigenvalue weighted by Crippen LogP contribution is -2.36. The first-order valence-electron chi connectivity index (χ1n) is 9.49. The maximum atomic E-state index is 12.3. The molecule has 1 aliphatic carbocycles. The Hall–Kier alpha value is -2.57. The van der Waals surface area contributed by atoms with Gasteiger partial charge in [0.1, 0.15) is 5.60 Å². The van der Waals surface area contributed by atoms with Gasteiger partial charge in [0.05, 0.1) is 29.4 Å². The Morgan fingerprint density at radius 3 is 2.78 bits per heavy atom. The summed E-state index contributed by atoms with van der Waals surface area (Å²) in [6, 6.07) is 3.84. The first-order valence-corrected chi connectivity index (χ1v) is 9.49. The van der Waals surface area contributed by atoms with Gasteiger partial charge in [-0.15, -0.1) is 0 Å². The third-order valence-electron chi connectivity index (χ3n) is 4.92. The van der Waals surface area contributed by atoms with E-state index in [1.807, 2.05) is 39.1 Å². The normalized spacial score (nSPS) is 20.4. The number of amides is 1. The SMILES string of the molecule is CC(C)(C)OC(=O)C[C@@H]1CCCC[C@H]1Nc1c(C(N)=O)cnn2cccc12. The Bertz CT molecular complexity index is 837. The van der Waals surface area contributed by atoms with E-state index in [9.17, 15) is 9.59 Å². The molecule has 27 heavy (non-hydrogen) atoms. The summed E-state index contributed by atoms with van der Waals surface area (Å²) in [5.41, 5.74) is 6.92. The van der Waals surface area contributed by atoms with Crippen LogP contribution in [0.15, 0.2) is 24.5 Å². The zero-order valence-electron chi connectivity index (χ0n) is 16.2. The molecule has 7 heteroatoms. The van der Waals surface area contributed by atoms with Gasteiger partial charge in [-0.25, -0.2) is 4.52 Å². The minimum absolute atomic E-state index is 0.0745. The molecule has 2 heterocycles. The van der Waals surface area contributed by atoms with Gasteiger partial charge >= 0.3 is 5.97 Å². The van der Waals surface area contributed by atoms with Crippen LogP contribution >= 0.6 is 0 Å². The van der Waals surface area contributed by atoms with E-state index < -0.39 is 11.5 Å². The van der Waals surface area contributed by atoms with Crippen molar-refractivity contribution in [3.63, 3.8) is 0 Å². The van der Waals surface area contributed by atoms with Gasteiger partial charge in [-0.1, -0.05) is 12.8 Å². The molecular formula is C20H28N4O3. The van der Waals surface area contributed by atoms with E-state index in [1.54, 1.807) is 4.52 Å². The lowest BCUT2D eigenvalue weighted by molar-refractivity contribution is -0.156. The molecule has 0 saturated heterocycles. The lowest BCUT2D eigenvalue weighted by Gasteiger charge is -2.33. The Kier molecular flexibility index (Phi) is 5.39. The first kappa shape index (κ1) is 19.2. The summed E-state index contributed by atoms with van der Waals surface area (Å²) in [6.07, 6.45) is 7.73. The molecule has 1 fully saturated rings. The molecule has 3 rings (SSSR count). The van der Waals surface area contributed by atoms with Gasteiger partial charge in [0.2, 0.25) is 0 Å². The minimum atomic E-state index is -0.520. The van der Waals surface area contributed by atoms with E-state index in [2.05, 4.69) is 10.4 Å². The van der Waals surface area contributed by atoms with Crippen molar-refractivity contribution in [2.45, 2.75) is 64.5 Å². The molecular weight excluding hydrogens is 344 g/mol. The minimum Gasteiger partial charge on any atom is -0.460 e. The topological polar surface area (TPSA) is 98.7 Å². The zero-order valence-corrected chi connectivity index (χ0v) is 16.2. The maximum absolute atomic E-state index is 12.3. The van der Waals surface area contributed by atoms with Gasteiger partial charge in [0.15, 0.2) is 0 Å². The van der Waals surface area contributed by atoms with Crippen LogP contribution in [0.3, 0.4) is 0 Å². The number of hydrogen-bond acceptors (Lipinski definition) is 5. The number of nitrogens with zero attached hydrogens (tertiary/aromatic N) is 2. The summed E-state index contributed by atoms with van der Waals surface area (Å²) >= 11 is 0. The predicted octanol–water partition coefficient (Wildman–Crippen LogP) is 3.14. The van der Waals surface area contributed by atoms with Crippen LogP contribution in [0.1, 0.15) is 63.2 Å². The van der Waals surface area contributed by atoms with Crippen molar-refractivity contribution in [1.82, 2.24) is 9.61 Å². The summed E-state index contributed by atoms with van der Waals surface area (Å²) in [5.74, 6) is -0.551. The first-order chi connectivity index (χ1) is 12.7. The molecule has 1 aliphatic rings. The molecule has 0 unspecified atom stereocenters. The lowest BCUT2D eigenvalue weighted by atomic mass is 9.82. The Morgan fingerprint density at radius 2 is 2.07 bits per heavy atom. The number of nitrogens with one attached hydrogen (secondary N) is 1. The maximum Gasteiger partial charge on any atom is 0.306 e. The number of hydrogen-bond donors (Lipinski definition) is 2. The third-order valence-corrected chi connectivity index (χ3v) is 4.92. The standard InChI is InChI=1S/C20H28N4O3/c1-20(2,3)27-17(25)11-13-7-4-5-8-15(13)23-18-14(19(21)26)12-22-24-10-6-9-16(18)24/h6,9-10,12-13,15,23H,4-5,7-8,11H2,1-3H3,(H2,21,26)/t13-,15+/m0/s1. The Labute approximate surface area is 159 Å². The highest BCUT2D eigenvalue weighted by atomic mass is 16.6. The van der Waals surface area contributed by atoms with Crippen LogP contribution in [0.5, 0.6) is 0 Å². The second kappa shape index (κ2) is 7.58. The number of ether oxygens (including phenoxy) is 1. The molecule has 0 aliphatic heterocycles. The molecule has 0 radical (unpaired) electrons. The molecule has 7 nitrogen and oxygen atoms in total. The van der Waals surface area contributed by atoms with Gasteiger partial charge < -0.3 is 15.8 Å². The molecule has 0 spiro atoms. The van der Waals surface area contributed by atoms with E-state index in [0.29, 0.717) is 17.7 Å². The van der Waals surface area contributed by atoms with Crippen molar-refractivity contribution in [3.8, 4) is 0 Å². The molecule has 3 N–H and O–H groups in total. The molecule has 146 valence electrons. The highest BCUT2D eigenvalue weighted by molar-refractivity contribution is 6.01. The van der Waals surface area contributed by atoms with Crippen LogP contribution in [0.2, 0.25) is 0 Å². The number of nitrogens with two attached hydrogens (primary N) is 1. The fourth-order valence-corrected chi connectivity index (χ4v) is 3.76. The van der Waals surface area contributed by atoms with Crippen molar-refractivity contribution in [3.05, 3.63) is 30.1 Å². The molecule has 0 aromatic carbocycles. The van der Waals surface area contributed by atoms with Crippen LogP contribution in [0.4, 0.5) is 5.69 Å². The monoisotopic (exact) mass is 372 g/mol. The fraction of sp³-hybridized carbons (Fsp3) is 0.550.